The minimum absolute atomic E-state index is 0.510. The molecule has 0 aliphatic carbocycles. The molecule has 1 rings (SSSR count). The Hall–Kier alpha value is -1.51. The Morgan fingerprint density at radius 1 is 1.36 bits per heavy atom. The molecule has 0 unspecified atom stereocenters. The van der Waals surface area contributed by atoms with Gasteiger partial charge in [-0.05, 0) is 30.7 Å². The molecule has 0 radical (unpaired) electrons. The Bertz CT molecular complexity index is 345. The zero-order valence-corrected chi connectivity index (χ0v) is 9.09. The molecule has 14 heavy (non-hydrogen) atoms. The highest BCUT2D eigenvalue weighted by molar-refractivity contribution is 5.96. The fourth-order valence-corrected chi connectivity index (χ4v) is 1.28. The number of methoxy groups -OCH3 is 1. The van der Waals surface area contributed by atoms with Crippen molar-refractivity contribution < 1.29 is 4.74 Å². The number of ether oxygens (including phenoxy) is 1. The molecule has 3 heteroatoms. The Labute approximate surface area is 84.8 Å². The van der Waals surface area contributed by atoms with E-state index in [9.17, 15) is 0 Å². The van der Waals surface area contributed by atoms with E-state index in [1.807, 2.05) is 39.2 Å². The van der Waals surface area contributed by atoms with Crippen molar-refractivity contribution in [3.05, 3.63) is 29.3 Å². The summed E-state index contributed by atoms with van der Waals surface area (Å²) in [5.74, 6) is 1.37. The molecule has 3 nitrogen and oxygen atoms in total. The number of nitrogens with zero attached hydrogens (tertiary/aromatic N) is 1. The van der Waals surface area contributed by atoms with Gasteiger partial charge in [-0.25, -0.2) is 0 Å². The van der Waals surface area contributed by atoms with Crippen LogP contribution in [0.2, 0.25) is 0 Å². The van der Waals surface area contributed by atoms with Crippen LogP contribution in [-0.4, -0.2) is 31.9 Å². The summed E-state index contributed by atoms with van der Waals surface area (Å²) >= 11 is 0. The van der Waals surface area contributed by atoms with Gasteiger partial charge in [-0.2, -0.15) is 0 Å². The lowest BCUT2D eigenvalue weighted by molar-refractivity contribution is 0.411. The third-order valence-electron chi connectivity index (χ3n) is 2.12. The summed E-state index contributed by atoms with van der Waals surface area (Å²) in [5.41, 5.74) is 1.96. The first-order valence-electron chi connectivity index (χ1n) is 4.47. The highest BCUT2D eigenvalue weighted by Gasteiger charge is 2.05. The van der Waals surface area contributed by atoms with Gasteiger partial charge in [-0.1, -0.05) is 0 Å². The molecule has 1 aromatic rings. The van der Waals surface area contributed by atoms with Crippen molar-refractivity contribution in [2.24, 2.45) is 0 Å². The van der Waals surface area contributed by atoms with Crippen molar-refractivity contribution >= 4 is 5.84 Å². The molecule has 0 heterocycles. The molecule has 0 atom stereocenters. The lowest BCUT2D eigenvalue weighted by atomic mass is 10.1. The van der Waals surface area contributed by atoms with E-state index >= 15 is 0 Å². The lowest BCUT2D eigenvalue weighted by Crippen LogP contribution is -2.21. The van der Waals surface area contributed by atoms with Crippen LogP contribution in [0.15, 0.2) is 18.2 Å². The maximum Gasteiger partial charge on any atom is 0.127 e. The van der Waals surface area contributed by atoms with Crippen LogP contribution >= 0.6 is 0 Å². The fourth-order valence-electron chi connectivity index (χ4n) is 1.28. The van der Waals surface area contributed by atoms with Gasteiger partial charge in [0.25, 0.3) is 0 Å². The van der Waals surface area contributed by atoms with Crippen LogP contribution < -0.4 is 4.74 Å². The Morgan fingerprint density at radius 3 is 2.43 bits per heavy atom. The first kappa shape index (κ1) is 10.6. The maximum atomic E-state index is 7.79. The zero-order valence-electron chi connectivity index (χ0n) is 9.09. The van der Waals surface area contributed by atoms with Crippen molar-refractivity contribution in [2.75, 3.05) is 21.2 Å². The zero-order chi connectivity index (χ0) is 10.7. The molecule has 1 aromatic carbocycles. The van der Waals surface area contributed by atoms with Gasteiger partial charge in [0.2, 0.25) is 0 Å². The van der Waals surface area contributed by atoms with Crippen molar-refractivity contribution in [3.63, 3.8) is 0 Å². The van der Waals surface area contributed by atoms with Gasteiger partial charge >= 0.3 is 0 Å². The summed E-state index contributed by atoms with van der Waals surface area (Å²) in [5, 5.41) is 7.79. The van der Waals surface area contributed by atoms with E-state index in [-0.39, 0.29) is 0 Å². The molecule has 0 spiro atoms. The third kappa shape index (κ3) is 2.05. The highest BCUT2D eigenvalue weighted by Crippen LogP contribution is 2.18. The molecule has 0 bridgehead atoms. The Balaban J connectivity index is 3.03. The van der Waals surface area contributed by atoms with E-state index in [0.717, 1.165) is 16.9 Å². The normalized spacial score (nSPS) is 9.71. The second-order valence-electron chi connectivity index (χ2n) is 3.43. The monoisotopic (exact) mass is 192 g/mol. The molecule has 0 fully saturated rings. The van der Waals surface area contributed by atoms with E-state index in [0.29, 0.717) is 5.84 Å². The van der Waals surface area contributed by atoms with Crippen molar-refractivity contribution in [2.45, 2.75) is 6.92 Å². The van der Waals surface area contributed by atoms with Crippen LogP contribution in [0.25, 0.3) is 0 Å². The molecular formula is C11H16N2O. The minimum Gasteiger partial charge on any atom is -0.496 e. The second-order valence-corrected chi connectivity index (χ2v) is 3.43. The SMILES string of the molecule is COc1ccc(C(=N)N(C)C)cc1C. The van der Waals surface area contributed by atoms with Gasteiger partial charge in [0.1, 0.15) is 11.6 Å². The average molecular weight is 192 g/mol. The molecular weight excluding hydrogens is 176 g/mol. The van der Waals surface area contributed by atoms with Gasteiger partial charge in [-0.3, -0.25) is 5.41 Å². The number of benzene rings is 1. The quantitative estimate of drug-likeness (QED) is 0.574. The number of amidine groups is 1. The lowest BCUT2D eigenvalue weighted by Gasteiger charge is -2.14. The van der Waals surface area contributed by atoms with E-state index < -0.39 is 0 Å². The van der Waals surface area contributed by atoms with E-state index in [1.54, 1.807) is 12.0 Å². The van der Waals surface area contributed by atoms with Crippen LogP contribution in [0, 0.1) is 12.3 Å². The maximum absolute atomic E-state index is 7.79. The predicted molar refractivity (Wildman–Crippen MR) is 58.2 cm³/mol. The largest absolute Gasteiger partial charge is 0.496 e. The highest BCUT2D eigenvalue weighted by atomic mass is 16.5. The molecule has 0 saturated heterocycles. The molecule has 76 valence electrons. The summed E-state index contributed by atoms with van der Waals surface area (Å²) in [4.78, 5) is 1.78. The summed E-state index contributed by atoms with van der Waals surface area (Å²) in [6.45, 7) is 1.98. The van der Waals surface area contributed by atoms with E-state index in [4.69, 9.17) is 10.1 Å². The smallest absolute Gasteiger partial charge is 0.127 e. The van der Waals surface area contributed by atoms with Crippen molar-refractivity contribution in [3.8, 4) is 5.75 Å². The number of hydrogen-bond acceptors (Lipinski definition) is 2. The summed E-state index contributed by atoms with van der Waals surface area (Å²) < 4.78 is 5.16. The van der Waals surface area contributed by atoms with Gasteiger partial charge in [0.15, 0.2) is 0 Å². The Kier molecular flexibility index (Phi) is 3.12. The topological polar surface area (TPSA) is 36.3 Å². The Morgan fingerprint density at radius 2 is 2.00 bits per heavy atom. The van der Waals surface area contributed by atoms with Gasteiger partial charge in [0, 0.05) is 19.7 Å². The molecule has 0 aliphatic heterocycles. The van der Waals surface area contributed by atoms with Crippen LogP contribution in [0.1, 0.15) is 11.1 Å². The number of nitrogens with one attached hydrogen (secondary N) is 1. The van der Waals surface area contributed by atoms with Crippen molar-refractivity contribution in [1.29, 1.82) is 5.41 Å². The standard InChI is InChI=1S/C11H16N2O/c1-8-7-9(11(12)13(2)3)5-6-10(8)14-4/h5-7,12H,1-4H3. The third-order valence-corrected chi connectivity index (χ3v) is 2.12. The molecule has 0 saturated carbocycles. The van der Waals surface area contributed by atoms with E-state index in [1.165, 1.54) is 0 Å². The summed E-state index contributed by atoms with van der Waals surface area (Å²) in [6, 6.07) is 5.75. The van der Waals surface area contributed by atoms with Crippen molar-refractivity contribution in [1.82, 2.24) is 4.90 Å². The fraction of sp³-hybridized carbons (Fsp3) is 0.364. The predicted octanol–water partition coefficient (Wildman–Crippen LogP) is 1.89. The number of rotatable bonds is 2. The van der Waals surface area contributed by atoms with E-state index in [2.05, 4.69) is 0 Å². The average Bonchev–Trinajstić information content (AvgIpc) is 2.16. The molecule has 0 amide bonds. The molecule has 1 N–H and O–H groups in total. The van der Waals surface area contributed by atoms with Crippen LogP contribution in [0.4, 0.5) is 0 Å². The first-order chi connectivity index (χ1) is 6.56. The first-order valence-corrected chi connectivity index (χ1v) is 4.47. The molecule has 0 aromatic heterocycles. The van der Waals surface area contributed by atoms with Gasteiger partial charge in [-0.15, -0.1) is 0 Å². The summed E-state index contributed by atoms with van der Waals surface area (Å²) in [6.07, 6.45) is 0. The molecule has 0 aliphatic rings. The van der Waals surface area contributed by atoms with Crippen LogP contribution in [0.5, 0.6) is 5.75 Å². The van der Waals surface area contributed by atoms with Crippen LogP contribution in [0.3, 0.4) is 0 Å². The van der Waals surface area contributed by atoms with Gasteiger partial charge in [0.05, 0.1) is 7.11 Å². The minimum atomic E-state index is 0.510. The number of hydrogen-bond donors (Lipinski definition) is 1. The van der Waals surface area contributed by atoms with Crippen LogP contribution in [-0.2, 0) is 0 Å². The van der Waals surface area contributed by atoms with Gasteiger partial charge < -0.3 is 9.64 Å². The number of aryl methyl sites for hydroxylation is 1. The second kappa shape index (κ2) is 4.13. The summed E-state index contributed by atoms with van der Waals surface area (Å²) in [7, 11) is 5.38.